The summed E-state index contributed by atoms with van der Waals surface area (Å²) in [5.74, 6) is 0.231. The quantitative estimate of drug-likeness (QED) is 0.273. The molecule has 1 aromatic heterocycles. The van der Waals surface area contributed by atoms with E-state index in [4.69, 9.17) is 4.74 Å². The number of pyridine rings is 1. The molecule has 0 aliphatic rings. The summed E-state index contributed by atoms with van der Waals surface area (Å²) in [4.78, 5) is 15.6. The second-order valence-corrected chi connectivity index (χ2v) is 6.63. The minimum Gasteiger partial charge on any atom is -0.407 e. The molecule has 0 bridgehead atoms. The summed E-state index contributed by atoms with van der Waals surface area (Å²) in [5.41, 5.74) is 0. The van der Waals surface area contributed by atoms with Gasteiger partial charge >= 0.3 is 5.97 Å². The van der Waals surface area contributed by atoms with Crippen molar-refractivity contribution in [2.75, 3.05) is 0 Å². The van der Waals surface area contributed by atoms with Gasteiger partial charge in [0.1, 0.15) is 0 Å². The highest BCUT2D eigenvalue weighted by molar-refractivity contribution is 5.71. The van der Waals surface area contributed by atoms with Crippen molar-refractivity contribution in [2.45, 2.75) is 96.8 Å². The van der Waals surface area contributed by atoms with Crippen molar-refractivity contribution in [3.8, 4) is 5.88 Å². The zero-order valence-corrected chi connectivity index (χ0v) is 15.5. The number of nitrogens with zero attached hydrogens (tertiary/aromatic N) is 1. The van der Waals surface area contributed by atoms with Gasteiger partial charge in [-0.1, -0.05) is 90.0 Å². The number of carbonyl (C=O) groups is 1. The van der Waals surface area contributed by atoms with Gasteiger partial charge in [-0.2, -0.15) is 0 Å². The van der Waals surface area contributed by atoms with Crippen LogP contribution in [0.1, 0.15) is 96.8 Å². The van der Waals surface area contributed by atoms with Crippen molar-refractivity contribution in [1.82, 2.24) is 4.98 Å². The standard InChI is InChI=1S/C21H35NO2/c1-2-3-4-5-6-7-8-9-10-11-12-13-14-18-21(23)24-20-17-15-16-19-22-20/h15-17,19H,2-14,18H2,1H3. The first kappa shape index (κ1) is 20.7. The smallest absolute Gasteiger partial charge is 0.312 e. The Morgan fingerprint density at radius 2 is 1.38 bits per heavy atom. The molecule has 3 heteroatoms. The van der Waals surface area contributed by atoms with E-state index in [0.29, 0.717) is 12.3 Å². The Hall–Kier alpha value is -1.38. The molecule has 0 unspecified atom stereocenters. The molecule has 0 saturated heterocycles. The third-order valence-corrected chi connectivity index (χ3v) is 4.34. The van der Waals surface area contributed by atoms with Gasteiger partial charge in [0.05, 0.1) is 0 Å². The number of rotatable bonds is 15. The maximum Gasteiger partial charge on any atom is 0.312 e. The van der Waals surface area contributed by atoms with Gasteiger partial charge in [-0.05, 0) is 12.5 Å². The minimum atomic E-state index is -0.170. The summed E-state index contributed by atoms with van der Waals surface area (Å²) in [6, 6.07) is 5.34. The van der Waals surface area contributed by atoms with Crippen LogP contribution in [0.25, 0.3) is 0 Å². The minimum absolute atomic E-state index is 0.170. The molecule has 0 aliphatic carbocycles. The fourth-order valence-corrected chi connectivity index (χ4v) is 2.86. The van der Waals surface area contributed by atoms with E-state index in [1.807, 2.05) is 12.1 Å². The molecule has 0 spiro atoms. The van der Waals surface area contributed by atoms with Crippen molar-refractivity contribution in [3.05, 3.63) is 24.4 Å². The number of hydrogen-bond donors (Lipinski definition) is 0. The van der Waals surface area contributed by atoms with E-state index in [0.717, 1.165) is 12.8 Å². The van der Waals surface area contributed by atoms with Gasteiger partial charge in [-0.15, -0.1) is 0 Å². The molecule has 3 nitrogen and oxygen atoms in total. The second-order valence-electron chi connectivity index (χ2n) is 6.63. The van der Waals surface area contributed by atoms with Gasteiger partial charge in [-0.3, -0.25) is 4.79 Å². The van der Waals surface area contributed by atoms with E-state index in [9.17, 15) is 4.79 Å². The van der Waals surface area contributed by atoms with Crippen LogP contribution in [0.15, 0.2) is 24.4 Å². The molecule has 24 heavy (non-hydrogen) atoms. The number of ether oxygens (including phenoxy) is 1. The molecule has 0 N–H and O–H groups in total. The average molecular weight is 334 g/mol. The van der Waals surface area contributed by atoms with E-state index in [-0.39, 0.29) is 5.97 Å². The summed E-state index contributed by atoms with van der Waals surface area (Å²) in [6.45, 7) is 2.27. The molecule has 0 radical (unpaired) electrons. The first-order chi connectivity index (χ1) is 11.8. The molecule has 136 valence electrons. The largest absolute Gasteiger partial charge is 0.407 e. The van der Waals surface area contributed by atoms with Gasteiger partial charge in [0.2, 0.25) is 5.88 Å². The maximum absolute atomic E-state index is 11.7. The summed E-state index contributed by atoms with van der Waals surface area (Å²) in [7, 11) is 0. The fourth-order valence-electron chi connectivity index (χ4n) is 2.86. The lowest BCUT2D eigenvalue weighted by Crippen LogP contribution is -2.08. The van der Waals surface area contributed by atoms with Crippen LogP contribution in [0.5, 0.6) is 5.88 Å². The Balaban J connectivity index is 1.81. The summed E-state index contributed by atoms with van der Waals surface area (Å²) < 4.78 is 5.17. The second kappa shape index (κ2) is 15.2. The number of esters is 1. The lowest BCUT2D eigenvalue weighted by molar-refractivity contribution is -0.134. The topological polar surface area (TPSA) is 39.2 Å². The van der Waals surface area contributed by atoms with Gasteiger partial charge in [0, 0.05) is 18.7 Å². The van der Waals surface area contributed by atoms with Crippen molar-refractivity contribution in [2.24, 2.45) is 0 Å². The normalized spacial score (nSPS) is 10.7. The van der Waals surface area contributed by atoms with Crippen molar-refractivity contribution in [3.63, 3.8) is 0 Å². The van der Waals surface area contributed by atoms with E-state index < -0.39 is 0 Å². The predicted molar refractivity (Wildman–Crippen MR) is 100 cm³/mol. The third kappa shape index (κ3) is 12.1. The van der Waals surface area contributed by atoms with Crippen LogP contribution in [0.2, 0.25) is 0 Å². The lowest BCUT2D eigenvalue weighted by atomic mass is 10.0. The summed E-state index contributed by atoms with van der Waals surface area (Å²) in [5, 5.41) is 0. The molecule has 0 saturated carbocycles. The Morgan fingerprint density at radius 1 is 0.833 bits per heavy atom. The van der Waals surface area contributed by atoms with Crippen molar-refractivity contribution >= 4 is 5.97 Å². The van der Waals surface area contributed by atoms with Crippen LogP contribution < -0.4 is 4.74 Å². The predicted octanol–water partition coefficient (Wildman–Crippen LogP) is 6.47. The first-order valence-corrected chi connectivity index (χ1v) is 9.94. The van der Waals surface area contributed by atoms with E-state index in [2.05, 4.69) is 11.9 Å². The monoisotopic (exact) mass is 333 g/mol. The number of carbonyl (C=O) groups excluding carboxylic acids is 1. The third-order valence-electron chi connectivity index (χ3n) is 4.34. The fraction of sp³-hybridized carbons (Fsp3) is 0.714. The Kier molecular flexibility index (Phi) is 13.1. The van der Waals surface area contributed by atoms with Gasteiger partial charge in [-0.25, -0.2) is 4.98 Å². The highest BCUT2D eigenvalue weighted by atomic mass is 16.5. The average Bonchev–Trinajstić information content (AvgIpc) is 2.60. The van der Waals surface area contributed by atoms with E-state index >= 15 is 0 Å². The lowest BCUT2D eigenvalue weighted by Gasteiger charge is -2.04. The Labute approximate surface area is 148 Å². The SMILES string of the molecule is CCCCCCCCCCCCCCCC(=O)Oc1ccccn1. The number of aromatic nitrogens is 1. The van der Waals surface area contributed by atoms with Crippen LogP contribution in [0.4, 0.5) is 0 Å². The molecule has 0 amide bonds. The molecule has 1 rings (SSSR count). The van der Waals surface area contributed by atoms with Crippen molar-refractivity contribution in [1.29, 1.82) is 0 Å². The molecule has 0 fully saturated rings. The zero-order valence-electron chi connectivity index (χ0n) is 15.5. The number of unbranched alkanes of at least 4 members (excludes halogenated alkanes) is 12. The molecule has 0 aromatic carbocycles. The summed E-state index contributed by atoms with van der Waals surface area (Å²) >= 11 is 0. The Morgan fingerprint density at radius 3 is 1.88 bits per heavy atom. The summed E-state index contributed by atoms with van der Waals surface area (Å²) in [6.07, 6.45) is 19.2. The number of hydrogen-bond acceptors (Lipinski definition) is 3. The zero-order chi connectivity index (χ0) is 17.3. The van der Waals surface area contributed by atoms with Crippen LogP contribution in [-0.2, 0) is 4.79 Å². The van der Waals surface area contributed by atoms with Gasteiger partial charge in [0.15, 0.2) is 0 Å². The van der Waals surface area contributed by atoms with E-state index in [1.165, 1.54) is 70.6 Å². The molecule has 0 aliphatic heterocycles. The van der Waals surface area contributed by atoms with Crippen LogP contribution in [0.3, 0.4) is 0 Å². The van der Waals surface area contributed by atoms with Crippen molar-refractivity contribution < 1.29 is 9.53 Å². The van der Waals surface area contributed by atoms with Gasteiger partial charge in [0.25, 0.3) is 0 Å². The highest BCUT2D eigenvalue weighted by Crippen LogP contribution is 2.13. The van der Waals surface area contributed by atoms with Crippen LogP contribution in [0, 0.1) is 0 Å². The molecule has 1 aromatic rings. The highest BCUT2D eigenvalue weighted by Gasteiger charge is 2.04. The first-order valence-electron chi connectivity index (χ1n) is 9.94. The Bertz CT molecular complexity index is 406. The van der Waals surface area contributed by atoms with E-state index in [1.54, 1.807) is 12.3 Å². The molecular formula is C21H35NO2. The maximum atomic E-state index is 11.7. The molecular weight excluding hydrogens is 298 g/mol. The molecule has 1 heterocycles. The van der Waals surface area contributed by atoms with Crippen LogP contribution >= 0.6 is 0 Å². The van der Waals surface area contributed by atoms with Crippen LogP contribution in [-0.4, -0.2) is 11.0 Å². The molecule has 0 atom stereocenters. The van der Waals surface area contributed by atoms with Gasteiger partial charge < -0.3 is 4.74 Å².